The van der Waals surface area contributed by atoms with Gasteiger partial charge in [0.2, 0.25) is 0 Å². The second-order valence-corrected chi connectivity index (χ2v) is 6.13. The molecule has 2 aromatic rings. The van der Waals surface area contributed by atoms with E-state index in [1.807, 2.05) is 23.6 Å². The van der Waals surface area contributed by atoms with Crippen molar-refractivity contribution in [3.05, 3.63) is 49.3 Å². The van der Waals surface area contributed by atoms with E-state index in [9.17, 15) is 5.11 Å². The summed E-state index contributed by atoms with van der Waals surface area (Å²) >= 11 is 8.25. The molecule has 5 heteroatoms. The van der Waals surface area contributed by atoms with Crippen molar-refractivity contribution in [1.82, 2.24) is 4.98 Å². The van der Waals surface area contributed by atoms with Crippen molar-refractivity contribution >= 4 is 43.2 Å². The summed E-state index contributed by atoms with van der Waals surface area (Å²) in [5.74, 6) is 0. The largest absolute Gasteiger partial charge is 0.387 e. The fourth-order valence-corrected chi connectivity index (χ4v) is 2.99. The molecule has 2 aromatic heterocycles. The lowest BCUT2D eigenvalue weighted by molar-refractivity contribution is 0.181. The van der Waals surface area contributed by atoms with E-state index in [4.69, 9.17) is 0 Å². The number of rotatable bonds is 3. The Balaban J connectivity index is 2.07. The Hall–Kier alpha value is -0.230. The second kappa shape index (κ2) is 5.40. The number of hydrogen-bond acceptors (Lipinski definition) is 3. The van der Waals surface area contributed by atoms with Crippen LogP contribution >= 0.6 is 43.2 Å². The van der Waals surface area contributed by atoms with Gasteiger partial charge in [-0.1, -0.05) is 0 Å². The molecule has 0 bridgehead atoms. The van der Waals surface area contributed by atoms with Gasteiger partial charge in [-0.25, -0.2) is 0 Å². The van der Waals surface area contributed by atoms with E-state index in [2.05, 4.69) is 36.8 Å². The molecule has 0 aliphatic rings. The van der Waals surface area contributed by atoms with Gasteiger partial charge in [-0.2, -0.15) is 0 Å². The molecule has 16 heavy (non-hydrogen) atoms. The molecule has 0 aromatic carbocycles. The van der Waals surface area contributed by atoms with Gasteiger partial charge in [0.05, 0.1) is 6.10 Å². The number of pyridine rings is 1. The number of nitrogens with zero attached hydrogens (tertiary/aromatic N) is 1. The first-order valence-electron chi connectivity index (χ1n) is 4.67. The summed E-state index contributed by atoms with van der Waals surface area (Å²) in [4.78, 5) is 5.19. The fourth-order valence-electron chi connectivity index (χ4n) is 1.33. The molecule has 1 atom stereocenters. The second-order valence-electron chi connectivity index (χ2n) is 3.35. The minimum absolute atomic E-state index is 0.482. The summed E-state index contributed by atoms with van der Waals surface area (Å²) < 4.78 is 1.96. The highest BCUT2D eigenvalue weighted by Gasteiger charge is 2.11. The van der Waals surface area contributed by atoms with Crippen LogP contribution in [0.1, 0.15) is 16.7 Å². The molecule has 1 N–H and O–H groups in total. The first-order chi connectivity index (χ1) is 7.65. The average Bonchev–Trinajstić information content (AvgIpc) is 2.68. The predicted molar refractivity (Wildman–Crippen MR) is 72.6 cm³/mol. The minimum Gasteiger partial charge on any atom is -0.387 e. The highest BCUT2D eigenvalue weighted by atomic mass is 79.9. The molecule has 0 amide bonds. The summed E-state index contributed by atoms with van der Waals surface area (Å²) in [7, 11) is 0. The van der Waals surface area contributed by atoms with Crippen molar-refractivity contribution in [2.24, 2.45) is 0 Å². The van der Waals surface area contributed by atoms with Gasteiger partial charge in [0.25, 0.3) is 0 Å². The topological polar surface area (TPSA) is 33.1 Å². The SMILES string of the molecule is OC(Cc1ccc(Br)cn1)c1cc(Br)cs1. The van der Waals surface area contributed by atoms with Gasteiger partial charge in [0.1, 0.15) is 0 Å². The molecule has 2 heterocycles. The third kappa shape index (κ3) is 3.13. The molecule has 0 radical (unpaired) electrons. The summed E-state index contributed by atoms with van der Waals surface area (Å²) in [5.41, 5.74) is 0.889. The first-order valence-corrected chi connectivity index (χ1v) is 7.14. The van der Waals surface area contributed by atoms with Crippen molar-refractivity contribution in [2.45, 2.75) is 12.5 Å². The third-order valence-electron chi connectivity index (χ3n) is 2.11. The number of halogens is 2. The van der Waals surface area contributed by atoms with Gasteiger partial charge >= 0.3 is 0 Å². The Morgan fingerprint density at radius 2 is 2.12 bits per heavy atom. The van der Waals surface area contributed by atoms with Crippen molar-refractivity contribution in [3.8, 4) is 0 Å². The summed E-state index contributed by atoms with van der Waals surface area (Å²) in [6.45, 7) is 0. The number of aromatic nitrogens is 1. The molecule has 84 valence electrons. The normalized spacial score (nSPS) is 12.7. The molecule has 0 aliphatic heterocycles. The van der Waals surface area contributed by atoms with Crippen LogP contribution in [0.15, 0.2) is 38.7 Å². The van der Waals surface area contributed by atoms with Gasteiger partial charge in [-0.15, -0.1) is 11.3 Å². The third-order valence-corrected chi connectivity index (χ3v) is 4.37. The Kier molecular flexibility index (Phi) is 4.13. The van der Waals surface area contributed by atoms with Crippen LogP contribution < -0.4 is 0 Å². The standard InChI is InChI=1S/C11H9Br2NOS/c12-7-1-2-9(14-5-7)4-10(15)11-3-8(13)6-16-11/h1-3,5-6,10,15H,4H2. The fraction of sp³-hybridized carbons (Fsp3) is 0.182. The number of aliphatic hydroxyl groups excluding tert-OH is 1. The lowest BCUT2D eigenvalue weighted by Crippen LogP contribution is -2.01. The maximum absolute atomic E-state index is 9.99. The van der Waals surface area contributed by atoms with Crippen molar-refractivity contribution in [2.75, 3.05) is 0 Å². The molecule has 2 rings (SSSR count). The van der Waals surface area contributed by atoms with Gasteiger partial charge in [0, 0.05) is 37.5 Å². The Morgan fingerprint density at radius 1 is 1.31 bits per heavy atom. The molecule has 2 nitrogen and oxygen atoms in total. The van der Waals surface area contributed by atoms with Crippen LogP contribution in [0, 0.1) is 0 Å². The monoisotopic (exact) mass is 361 g/mol. The van der Waals surface area contributed by atoms with Crippen molar-refractivity contribution < 1.29 is 5.11 Å². The van der Waals surface area contributed by atoms with Crippen LogP contribution in [0.2, 0.25) is 0 Å². The predicted octanol–water partition coefficient (Wildman–Crippen LogP) is 3.94. The Bertz CT molecular complexity index is 469. The van der Waals surface area contributed by atoms with Gasteiger partial charge in [-0.3, -0.25) is 4.98 Å². The number of thiophene rings is 1. The summed E-state index contributed by atoms with van der Waals surface area (Å²) in [6.07, 6.45) is 1.80. The zero-order valence-electron chi connectivity index (χ0n) is 8.23. The van der Waals surface area contributed by atoms with E-state index in [1.165, 1.54) is 0 Å². The quantitative estimate of drug-likeness (QED) is 0.896. The lowest BCUT2D eigenvalue weighted by Gasteiger charge is -2.07. The number of aliphatic hydroxyl groups is 1. The van der Waals surface area contributed by atoms with Crippen LogP contribution in [0.3, 0.4) is 0 Å². The molecule has 0 saturated carbocycles. The number of hydrogen-bond donors (Lipinski definition) is 1. The van der Waals surface area contributed by atoms with Crippen LogP contribution in [0.4, 0.5) is 0 Å². The average molecular weight is 363 g/mol. The minimum atomic E-state index is -0.482. The van der Waals surface area contributed by atoms with Crippen molar-refractivity contribution in [3.63, 3.8) is 0 Å². The van der Waals surface area contributed by atoms with Gasteiger partial charge < -0.3 is 5.11 Å². The highest BCUT2D eigenvalue weighted by Crippen LogP contribution is 2.27. The maximum atomic E-state index is 9.99. The molecule has 0 aliphatic carbocycles. The van der Waals surface area contributed by atoms with E-state index in [-0.39, 0.29) is 0 Å². The zero-order valence-corrected chi connectivity index (χ0v) is 12.2. The van der Waals surface area contributed by atoms with Crippen LogP contribution in [0.5, 0.6) is 0 Å². The molecule has 1 unspecified atom stereocenters. The van der Waals surface area contributed by atoms with E-state index >= 15 is 0 Å². The molecule has 0 spiro atoms. The van der Waals surface area contributed by atoms with E-state index in [0.717, 1.165) is 19.5 Å². The lowest BCUT2D eigenvalue weighted by atomic mass is 10.1. The maximum Gasteiger partial charge on any atom is 0.0937 e. The van der Waals surface area contributed by atoms with E-state index in [1.54, 1.807) is 17.5 Å². The smallest absolute Gasteiger partial charge is 0.0937 e. The Morgan fingerprint density at radius 3 is 2.69 bits per heavy atom. The molecular weight excluding hydrogens is 354 g/mol. The first kappa shape index (κ1) is 12.2. The summed E-state index contributed by atoms with van der Waals surface area (Å²) in [5, 5.41) is 12.0. The van der Waals surface area contributed by atoms with Crippen molar-refractivity contribution in [1.29, 1.82) is 0 Å². The molecular formula is C11H9Br2NOS. The van der Waals surface area contributed by atoms with E-state index < -0.39 is 6.10 Å². The molecule has 0 fully saturated rings. The van der Waals surface area contributed by atoms with Gasteiger partial charge in [0.15, 0.2) is 0 Å². The van der Waals surface area contributed by atoms with Crippen LogP contribution in [-0.4, -0.2) is 10.1 Å². The zero-order chi connectivity index (χ0) is 11.5. The van der Waals surface area contributed by atoms with E-state index in [0.29, 0.717) is 6.42 Å². The van der Waals surface area contributed by atoms with Crippen LogP contribution in [-0.2, 0) is 6.42 Å². The van der Waals surface area contributed by atoms with Crippen LogP contribution in [0.25, 0.3) is 0 Å². The molecule has 0 saturated heterocycles. The Labute approximate surface area is 115 Å². The highest BCUT2D eigenvalue weighted by molar-refractivity contribution is 9.10. The summed E-state index contributed by atoms with van der Waals surface area (Å²) in [6, 6.07) is 5.78. The van der Waals surface area contributed by atoms with Gasteiger partial charge in [-0.05, 0) is 50.1 Å².